The predicted octanol–water partition coefficient (Wildman–Crippen LogP) is 7.50. The van der Waals surface area contributed by atoms with Gasteiger partial charge in [0.1, 0.15) is 0 Å². The molecule has 1 aromatic heterocycles. The van der Waals surface area contributed by atoms with E-state index >= 15 is 0 Å². The molecule has 1 saturated carbocycles. The van der Waals surface area contributed by atoms with Crippen molar-refractivity contribution in [2.45, 2.75) is 108 Å². The van der Waals surface area contributed by atoms with Crippen LogP contribution >= 0.6 is 0 Å². The topological polar surface area (TPSA) is 112 Å². The minimum atomic E-state index is -1.23. The average Bonchev–Trinajstić information content (AvgIpc) is 3.86. The molecule has 3 aliphatic carbocycles. The van der Waals surface area contributed by atoms with Crippen molar-refractivity contribution in [1.29, 1.82) is 0 Å². The minimum absolute atomic E-state index is 0.0821. The van der Waals surface area contributed by atoms with E-state index in [4.69, 9.17) is 9.15 Å². The zero-order chi connectivity index (χ0) is 34.6. The molecule has 0 spiro atoms. The zero-order valence-corrected chi connectivity index (χ0v) is 29.2. The minimum Gasteiger partial charge on any atom is -0.461 e. The first kappa shape index (κ1) is 35.1. The molecule has 6 unspecified atom stereocenters. The number of carbonyl (C=O) groups excluding carboxylic acids is 2. The van der Waals surface area contributed by atoms with Gasteiger partial charge < -0.3 is 29.6 Å². The molecule has 8 heteroatoms. The smallest absolute Gasteiger partial charge is 0.318 e. The van der Waals surface area contributed by atoms with Crippen molar-refractivity contribution < 1.29 is 29.0 Å². The third-order valence-electron chi connectivity index (χ3n) is 11.5. The van der Waals surface area contributed by atoms with E-state index in [1.165, 1.54) is 11.8 Å². The maximum atomic E-state index is 14.1. The van der Waals surface area contributed by atoms with Crippen molar-refractivity contribution in [2.24, 2.45) is 5.41 Å². The molecule has 2 heterocycles. The van der Waals surface area contributed by atoms with E-state index in [1.807, 2.05) is 55.5 Å². The Labute approximate surface area is 290 Å². The van der Waals surface area contributed by atoms with Crippen molar-refractivity contribution in [3.63, 3.8) is 0 Å². The standard InChI is InChI=1S/C41H52N2O6/c1-28-10-7-20-40(3)36(34-18-16-30(24-32(44)17-15-28)25-35(34)38(45)37-14-9-23-49-37)19-21-41(40,47)27-43(26-33-13-8-22-48-33)39(46)42-29(2)31-11-5-4-6-12-31/h4-6,9-12,14,16,18,23,25,29,32-33,36,44,47H,7-8,13,15,17,19-22,24,26-27H2,1-3H3,(H,42,46). The molecule has 2 fully saturated rings. The van der Waals surface area contributed by atoms with Crippen molar-refractivity contribution >= 4 is 11.8 Å². The lowest BCUT2D eigenvalue weighted by Crippen LogP contribution is -2.56. The van der Waals surface area contributed by atoms with Crippen LogP contribution in [0.5, 0.6) is 0 Å². The third-order valence-corrected chi connectivity index (χ3v) is 11.5. The molecule has 0 radical (unpaired) electrons. The fourth-order valence-electron chi connectivity index (χ4n) is 8.41. The Hall–Kier alpha value is -3.72. The maximum Gasteiger partial charge on any atom is 0.318 e. The Morgan fingerprint density at radius 3 is 2.61 bits per heavy atom. The number of ether oxygens (including phenoxy) is 1. The second-order valence-electron chi connectivity index (χ2n) is 14.9. The first-order valence-corrected chi connectivity index (χ1v) is 18.1. The quantitative estimate of drug-likeness (QED) is 0.169. The monoisotopic (exact) mass is 668 g/mol. The van der Waals surface area contributed by atoms with Crippen LogP contribution in [0.15, 0.2) is 83.0 Å². The number of furan rings is 1. The fraction of sp³-hybridized carbons (Fsp3) is 0.512. The molecule has 49 heavy (non-hydrogen) atoms. The largest absolute Gasteiger partial charge is 0.461 e. The Morgan fingerprint density at radius 2 is 1.88 bits per heavy atom. The summed E-state index contributed by atoms with van der Waals surface area (Å²) in [5.41, 5.74) is 2.65. The van der Waals surface area contributed by atoms with Crippen molar-refractivity contribution in [3.05, 3.63) is 107 Å². The van der Waals surface area contributed by atoms with E-state index in [2.05, 4.69) is 25.2 Å². The number of carbonyl (C=O) groups is 2. The van der Waals surface area contributed by atoms with Crippen LogP contribution in [0.25, 0.3) is 0 Å². The number of allylic oxidation sites excluding steroid dienone is 2. The number of hydrogen-bond acceptors (Lipinski definition) is 6. The highest BCUT2D eigenvalue weighted by molar-refractivity contribution is 6.08. The number of nitrogens with one attached hydrogen (secondary N) is 1. The summed E-state index contributed by atoms with van der Waals surface area (Å²) in [6.45, 7) is 7.46. The highest BCUT2D eigenvalue weighted by atomic mass is 16.5. The van der Waals surface area contributed by atoms with E-state index in [0.717, 1.165) is 42.4 Å². The van der Waals surface area contributed by atoms with E-state index in [-0.39, 0.29) is 42.2 Å². The summed E-state index contributed by atoms with van der Waals surface area (Å²) >= 11 is 0. The zero-order valence-electron chi connectivity index (χ0n) is 29.2. The van der Waals surface area contributed by atoms with E-state index in [0.29, 0.717) is 50.8 Å². The van der Waals surface area contributed by atoms with Gasteiger partial charge >= 0.3 is 6.03 Å². The molecule has 2 aromatic carbocycles. The first-order chi connectivity index (χ1) is 23.6. The molecule has 8 nitrogen and oxygen atoms in total. The van der Waals surface area contributed by atoms with Crippen LogP contribution < -0.4 is 5.32 Å². The highest BCUT2D eigenvalue weighted by Gasteiger charge is 2.58. The molecule has 7 rings (SSSR count). The lowest BCUT2D eigenvalue weighted by atomic mass is 9.64. The van der Waals surface area contributed by atoms with E-state index in [9.17, 15) is 19.8 Å². The SMILES string of the molecule is CC1=CCCC2(C)C(CCC2(O)CN(CC2CCCO2)C(=O)NC(C)c2ccccc2)c2ccc(cc2C(=O)c2ccco2)CC(O)CC1. The number of fused-ring (bicyclic) bond motifs is 8. The lowest BCUT2D eigenvalue weighted by molar-refractivity contribution is -0.0808. The summed E-state index contributed by atoms with van der Waals surface area (Å²) in [4.78, 5) is 29.9. The Kier molecular flexibility index (Phi) is 10.8. The molecule has 3 N–H and O–H groups in total. The van der Waals surface area contributed by atoms with Crippen molar-refractivity contribution in [1.82, 2.24) is 10.2 Å². The normalized spacial score (nSPS) is 27.9. The summed E-state index contributed by atoms with van der Waals surface area (Å²) in [5.74, 6) is -0.0929. The van der Waals surface area contributed by atoms with Gasteiger partial charge in [-0.2, -0.15) is 0 Å². The van der Waals surface area contributed by atoms with Gasteiger partial charge in [-0.15, -0.1) is 0 Å². The Bertz CT molecular complexity index is 1610. The van der Waals surface area contributed by atoms with Crippen LogP contribution in [-0.4, -0.2) is 64.4 Å². The van der Waals surface area contributed by atoms with Gasteiger partial charge in [-0.1, -0.05) is 61.0 Å². The molecule has 262 valence electrons. The predicted molar refractivity (Wildman–Crippen MR) is 189 cm³/mol. The second-order valence-corrected chi connectivity index (χ2v) is 14.9. The van der Waals surface area contributed by atoms with Crippen molar-refractivity contribution in [3.8, 4) is 0 Å². The van der Waals surface area contributed by atoms with Crippen LogP contribution in [-0.2, 0) is 11.2 Å². The average molecular weight is 669 g/mol. The fourth-order valence-corrected chi connectivity index (χ4v) is 8.41. The van der Waals surface area contributed by atoms with Gasteiger partial charge in [-0.3, -0.25) is 4.79 Å². The van der Waals surface area contributed by atoms with Gasteiger partial charge in [0, 0.05) is 24.1 Å². The van der Waals surface area contributed by atoms with Crippen LogP contribution in [0.3, 0.4) is 0 Å². The maximum absolute atomic E-state index is 14.1. The molecule has 2 bridgehead atoms. The lowest BCUT2D eigenvalue weighted by Gasteiger charge is -2.46. The van der Waals surface area contributed by atoms with Crippen molar-refractivity contribution in [2.75, 3.05) is 19.7 Å². The number of hydrogen-bond donors (Lipinski definition) is 3. The molecule has 1 aliphatic heterocycles. The number of ketones is 1. The number of aliphatic hydroxyl groups excluding tert-OH is 1. The molecule has 3 aromatic rings. The van der Waals surface area contributed by atoms with Crippen LogP contribution in [0.1, 0.15) is 117 Å². The molecule has 1 saturated heterocycles. The second kappa shape index (κ2) is 15.0. The van der Waals surface area contributed by atoms with E-state index < -0.39 is 17.1 Å². The van der Waals surface area contributed by atoms with Gasteiger partial charge in [-0.25, -0.2) is 4.79 Å². The first-order valence-electron chi connectivity index (χ1n) is 18.1. The summed E-state index contributed by atoms with van der Waals surface area (Å²) in [5, 5.41) is 27.0. The number of benzene rings is 2. The summed E-state index contributed by atoms with van der Waals surface area (Å²) in [6.07, 6.45) is 9.36. The van der Waals surface area contributed by atoms with Gasteiger partial charge in [0.15, 0.2) is 5.76 Å². The highest BCUT2D eigenvalue weighted by Crippen LogP contribution is 2.59. The Morgan fingerprint density at radius 1 is 1.06 bits per heavy atom. The molecule has 2 amide bonds. The molecule has 6 atom stereocenters. The van der Waals surface area contributed by atoms with Crippen LogP contribution in [0.4, 0.5) is 4.79 Å². The van der Waals surface area contributed by atoms with Gasteiger partial charge in [0.05, 0.1) is 36.7 Å². The number of nitrogens with zero attached hydrogens (tertiary/aromatic N) is 1. The molecular weight excluding hydrogens is 616 g/mol. The molecule has 4 aliphatic rings. The van der Waals surface area contributed by atoms with Gasteiger partial charge in [0.25, 0.3) is 0 Å². The number of aliphatic hydroxyl groups is 2. The van der Waals surface area contributed by atoms with Crippen LogP contribution in [0, 0.1) is 5.41 Å². The molecular formula is C41H52N2O6. The van der Waals surface area contributed by atoms with Gasteiger partial charge in [-0.05, 0) is 112 Å². The summed E-state index contributed by atoms with van der Waals surface area (Å²) < 4.78 is 11.6. The van der Waals surface area contributed by atoms with E-state index in [1.54, 1.807) is 17.0 Å². The van der Waals surface area contributed by atoms with Crippen LogP contribution in [0.2, 0.25) is 0 Å². The van der Waals surface area contributed by atoms with Gasteiger partial charge in [0.2, 0.25) is 5.78 Å². The summed E-state index contributed by atoms with van der Waals surface area (Å²) in [6, 6.07) is 18.8. The number of rotatable bonds is 8. The number of urea groups is 1. The Balaban J connectivity index is 1.37. The third kappa shape index (κ3) is 7.72. The number of amides is 2. The summed E-state index contributed by atoms with van der Waals surface area (Å²) in [7, 11) is 0.